The van der Waals surface area contributed by atoms with Gasteiger partial charge in [-0.3, -0.25) is 0 Å². The molecule has 1 atom stereocenters. The van der Waals surface area contributed by atoms with Crippen LogP contribution in [0.5, 0.6) is 5.75 Å². The van der Waals surface area contributed by atoms with Gasteiger partial charge in [-0.1, -0.05) is 42.5 Å². The van der Waals surface area contributed by atoms with Crippen LogP contribution in [0.4, 0.5) is 4.79 Å². The first-order valence-electron chi connectivity index (χ1n) is 8.60. The number of benzene rings is 2. The third kappa shape index (κ3) is 3.88. The lowest BCUT2D eigenvalue weighted by molar-refractivity contribution is 0.235. The Balaban J connectivity index is 1.59. The zero-order chi connectivity index (χ0) is 16.8. The van der Waals surface area contributed by atoms with Gasteiger partial charge in [0.15, 0.2) is 0 Å². The van der Waals surface area contributed by atoms with Crippen LogP contribution in [0.25, 0.3) is 0 Å². The number of ether oxygens (including phenoxy) is 1. The van der Waals surface area contributed by atoms with Crippen molar-refractivity contribution in [3.05, 3.63) is 65.2 Å². The number of fused-ring (bicyclic) bond motifs is 1. The van der Waals surface area contributed by atoms with Gasteiger partial charge in [-0.2, -0.15) is 0 Å². The van der Waals surface area contributed by atoms with Gasteiger partial charge in [0.25, 0.3) is 0 Å². The highest BCUT2D eigenvalue weighted by Crippen LogP contribution is 2.29. The van der Waals surface area contributed by atoms with E-state index in [0.717, 1.165) is 30.6 Å². The maximum absolute atomic E-state index is 12.3. The average Bonchev–Trinajstić information content (AvgIpc) is 2.62. The molecule has 0 aliphatic heterocycles. The molecule has 4 nitrogen and oxygen atoms in total. The molecule has 0 saturated heterocycles. The third-order valence-corrected chi connectivity index (χ3v) is 4.39. The summed E-state index contributed by atoms with van der Waals surface area (Å²) in [6, 6.07) is 16.1. The van der Waals surface area contributed by atoms with Crippen molar-refractivity contribution in [3.8, 4) is 5.75 Å². The van der Waals surface area contributed by atoms with Gasteiger partial charge in [0.2, 0.25) is 0 Å². The van der Waals surface area contributed by atoms with Crippen LogP contribution in [-0.2, 0) is 13.0 Å². The molecule has 0 fully saturated rings. The van der Waals surface area contributed by atoms with Crippen molar-refractivity contribution >= 4 is 6.03 Å². The predicted molar refractivity (Wildman–Crippen MR) is 95.1 cm³/mol. The number of para-hydroxylation sites is 1. The Hall–Kier alpha value is -2.49. The normalized spacial score (nSPS) is 16.1. The molecule has 1 aliphatic carbocycles. The van der Waals surface area contributed by atoms with Crippen LogP contribution < -0.4 is 15.4 Å². The summed E-state index contributed by atoms with van der Waals surface area (Å²) in [4.78, 5) is 12.3. The van der Waals surface area contributed by atoms with Crippen molar-refractivity contribution in [2.45, 2.75) is 38.8 Å². The van der Waals surface area contributed by atoms with Crippen molar-refractivity contribution in [2.75, 3.05) is 6.61 Å². The molecular weight excluding hydrogens is 300 g/mol. The van der Waals surface area contributed by atoms with E-state index >= 15 is 0 Å². The van der Waals surface area contributed by atoms with E-state index in [1.54, 1.807) is 0 Å². The van der Waals surface area contributed by atoms with E-state index in [4.69, 9.17) is 4.74 Å². The molecule has 2 aromatic carbocycles. The maximum atomic E-state index is 12.3. The zero-order valence-electron chi connectivity index (χ0n) is 14.0. The molecule has 2 N–H and O–H groups in total. The van der Waals surface area contributed by atoms with Crippen LogP contribution >= 0.6 is 0 Å². The van der Waals surface area contributed by atoms with E-state index in [0.29, 0.717) is 13.2 Å². The third-order valence-electron chi connectivity index (χ3n) is 4.39. The molecule has 0 bridgehead atoms. The lowest BCUT2D eigenvalue weighted by Gasteiger charge is -2.26. The van der Waals surface area contributed by atoms with Crippen molar-refractivity contribution in [3.63, 3.8) is 0 Å². The van der Waals surface area contributed by atoms with Gasteiger partial charge in [-0.25, -0.2) is 4.79 Å². The number of hydrogen-bond acceptors (Lipinski definition) is 2. The van der Waals surface area contributed by atoms with E-state index in [1.165, 1.54) is 11.1 Å². The molecular formula is C20H24N2O2. The summed E-state index contributed by atoms with van der Waals surface area (Å²) in [5, 5.41) is 6.05. The van der Waals surface area contributed by atoms with Gasteiger partial charge < -0.3 is 15.4 Å². The average molecular weight is 324 g/mol. The molecule has 0 heterocycles. The molecule has 1 aliphatic rings. The second kappa shape index (κ2) is 7.86. The monoisotopic (exact) mass is 324 g/mol. The topological polar surface area (TPSA) is 50.4 Å². The first kappa shape index (κ1) is 16.4. The molecule has 24 heavy (non-hydrogen) atoms. The van der Waals surface area contributed by atoms with Crippen LogP contribution in [0.1, 0.15) is 42.5 Å². The van der Waals surface area contributed by atoms with Crippen molar-refractivity contribution in [1.29, 1.82) is 0 Å². The van der Waals surface area contributed by atoms with Gasteiger partial charge in [-0.05, 0) is 43.4 Å². The van der Waals surface area contributed by atoms with E-state index in [1.807, 2.05) is 37.3 Å². The highest BCUT2D eigenvalue weighted by Gasteiger charge is 2.21. The Labute approximate surface area is 143 Å². The minimum Gasteiger partial charge on any atom is -0.494 e. The molecule has 2 aromatic rings. The van der Waals surface area contributed by atoms with E-state index < -0.39 is 0 Å². The van der Waals surface area contributed by atoms with Gasteiger partial charge in [-0.15, -0.1) is 0 Å². The quantitative estimate of drug-likeness (QED) is 0.874. The number of aryl methyl sites for hydroxylation is 1. The van der Waals surface area contributed by atoms with E-state index in [9.17, 15) is 4.79 Å². The van der Waals surface area contributed by atoms with Crippen molar-refractivity contribution in [1.82, 2.24) is 10.6 Å². The van der Waals surface area contributed by atoms with Gasteiger partial charge >= 0.3 is 6.03 Å². The molecule has 0 saturated carbocycles. The van der Waals surface area contributed by atoms with Crippen LogP contribution in [0.2, 0.25) is 0 Å². The Bertz CT molecular complexity index is 700. The number of nitrogens with one attached hydrogen (secondary N) is 2. The zero-order valence-corrected chi connectivity index (χ0v) is 14.0. The molecule has 2 amide bonds. The fourth-order valence-corrected chi connectivity index (χ4v) is 3.23. The minimum atomic E-state index is -0.136. The molecule has 3 rings (SSSR count). The molecule has 0 radical (unpaired) electrons. The largest absolute Gasteiger partial charge is 0.494 e. The van der Waals surface area contributed by atoms with Crippen LogP contribution in [-0.4, -0.2) is 12.6 Å². The van der Waals surface area contributed by atoms with Crippen molar-refractivity contribution in [2.24, 2.45) is 0 Å². The second-order valence-electron chi connectivity index (χ2n) is 6.01. The van der Waals surface area contributed by atoms with Crippen LogP contribution in [0, 0.1) is 0 Å². The number of carbonyl (C=O) groups is 1. The number of amides is 2. The van der Waals surface area contributed by atoms with Gasteiger partial charge in [0.1, 0.15) is 5.75 Å². The highest BCUT2D eigenvalue weighted by molar-refractivity contribution is 5.74. The second-order valence-corrected chi connectivity index (χ2v) is 6.01. The highest BCUT2D eigenvalue weighted by atomic mass is 16.5. The Morgan fingerprint density at radius 2 is 1.96 bits per heavy atom. The lowest BCUT2D eigenvalue weighted by Crippen LogP contribution is -2.38. The summed E-state index contributed by atoms with van der Waals surface area (Å²) in [5.41, 5.74) is 3.57. The molecule has 126 valence electrons. The Morgan fingerprint density at radius 1 is 1.17 bits per heavy atom. The molecule has 0 spiro atoms. The van der Waals surface area contributed by atoms with Crippen LogP contribution in [0.3, 0.4) is 0 Å². The number of urea groups is 1. The summed E-state index contributed by atoms with van der Waals surface area (Å²) in [5.74, 6) is 0.823. The van der Waals surface area contributed by atoms with Crippen molar-refractivity contribution < 1.29 is 9.53 Å². The van der Waals surface area contributed by atoms with Crippen LogP contribution in [0.15, 0.2) is 48.5 Å². The standard InChI is InChI=1S/C20H24N2O2/c1-2-24-19-13-6-4-9-16(19)14-21-20(23)22-18-12-7-10-15-8-3-5-11-17(15)18/h3-6,8-9,11,13,18H,2,7,10,12,14H2,1H3,(H2,21,22,23). The smallest absolute Gasteiger partial charge is 0.315 e. The molecule has 1 unspecified atom stereocenters. The lowest BCUT2D eigenvalue weighted by atomic mass is 9.88. The number of hydrogen-bond donors (Lipinski definition) is 2. The molecule has 0 aromatic heterocycles. The number of carbonyl (C=O) groups excluding carboxylic acids is 1. The number of rotatable bonds is 5. The summed E-state index contributed by atoms with van der Waals surface area (Å²) in [6.45, 7) is 3.02. The summed E-state index contributed by atoms with van der Waals surface area (Å²) in [7, 11) is 0. The summed E-state index contributed by atoms with van der Waals surface area (Å²) in [6.07, 6.45) is 3.19. The van der Waals surface area contributed by atoms with E-state index in [-0.39, 0.29) is 12.1 Å². The van der Waals surface area contributed by atoms with Gasteiger partial charge in [0, 0.05) is 12.1 Å². The first-order chi connectivity index (χ1) is 11.8. The summed E-state index contributed by atoms with van der Waals surface area (Å²) < 4.78 is 5.59. The van der Waals surface area contributed by atoms with E-state index in [2.05, 4.69) is 28.8 Å². The SMILES string of the molecule is CCOc1ccccc1CNC(=O)NC1CCCc2ccccc21. The first-order valence-corrected chi connectivity index (χ1v) is 8.60. The molecule has 4 heteroatoms. The predicted octanol–water partition coefficient (Wildman–Crippen LogP) is 3.96. The fraction of sp³-hybridized carbons (Fsp3) is 0.350. The maximum Gasteiger partial charge on any atom is 0.315 e. The summed E-state index contributed by atoms with van der Waals surface area (Å²) >= 11 is 0. The Morgan fingerprint density at radius 3 is 2.83 bits per heavy atom. The fourth-order valence-electron chi connectivity index (χ4n) is 3.23. The van der Waals surface area contributed by atoms with Gasteiger partial charge in [0.05, 0.1) is 12.6 Å². The minimum absolute atomic E-state index is 0.0945. The Kier molecular flexibility index (Phi) is 5.36.